The van der Waals surface area contributed by atoms with Crippen molar-refractivity contribution in [1.29, 1.82) is 0 Å². The molecular formula is C25H27N3O4. The number of hydrogen-bond donors (Lipinski definition) is 1. The fraction of sp³-hybridized carbons (Fsp3) is 0.280. The van der Waals surface area contributed by atoms with Gasteiger partial charge < -0.3 is 14.6 Å². The van der Waals surface area contributed by atoms with E-state index in [0.29, 0.717) is 28.1 Å². The number of esters is 1. The summed E-state index contributed by atoms with van der Waals surface area (Å²) in [6.07, 6.45) is 1.65. The van der Waals surface area contributed by atoms with Crippen molar-refractivity contribution < 1.29 is 19.1 Å². The summed E-state index contributed by atoms with van der Waals surface area (Å²) in [6, 6.07) is 11.9. The largest absolute Gasteiger partial charge is 0.464 e. The number of nitrogens with zero attached hydrogens (tertiary/aromatic N) is 2. The second-order valence-electron chi connectivity index (χ2n) is 7.78. The zero-order valence-electron chi connectivity index (χ0n) is 18.9. The standard InChI is InChI=1S/C25H27N3O4/c1-15-9-11-19(12-10-15)24(30)28(14-20-8-6-7-13-26-20)18(4)23(29)21-16(2)22(25(31)32-5)27-17(21)3/h6-13,18,27H,14H2,1-5H3. The number of rotatable bonds is 7. The smallest absolute Gasteiger partial charge is 0.354 e. The predicted molar refractivity (Wildman–Crippen MR) is 121 cm³/mol. The fourth-order valence-corrected chi connectivity index (χ4v) is 3.69. The van der Waals surface area contributed by atoms with Gasteiger partial charge in [-0.15, -0.1) is 0 Å². The van der Waals surface area contributed by atoms with Crippen molar-refractivity contribution in [3.8, 4) is 0 Å². The van der Waals surface area contributed by atoms with E-state index in [9.17, 15) is 14.4 Å². The molecule has 0 aliphatic carbocycles. The van der Waals surface area contributed by atoms with Crippen LogP contribution in [0.25, 0.3) is 0 Å². The molecule has 1 amide bonds. The topological polar surface area (TPSA) is 92.4 Å². The first-order valence-electron chi connectivity index (χ1n) is 10.3. The second-order valence-corrected chi connectivity index (χ2v) is 7.78. The molecule has 166 valence electrons. The maximum Gasteiger partial charge on any atom is 0.354 e. The number of nitrogens with one attached hydrogen (secondary N) is 1. The number of ketones is 1. The maximum atomic E-state index is 13.5. The van der Waals surface area contributed by atoms with Gasteiger partial charge in [0.25, 0.3) is 5.91 Å². The predicted octanol–water partition coefficient (Wildman–Crippen LogP) is 4.04. The molecule has 0 saturated heterocycles. The van der Waals surface area contributed by atoms with Crippen LogP contribution in [0.15, 0.2) is 48.7 Å². The minimum Gasteiger partial charge on any atom is -0.464 e. The third-order valence-corrected chi connectivity index (χ3v) is 5.54. The summed E-state index contributed by atoms with van der Waals surface area (Å²) in [5, 5.41) is 0. The summed E-state index contributed by atoms with van der Waals surface area (Å²) < 4.78 is 4.80. The van der Waals surface area contributed by atoms with Gasteiger partial charge in [0.15, 0.2) is 5.78 Å². The monoisotopic (exact) mass is 433 g/mol. The Kier molecular flexibility index (Phi) is 6.88. The van der Waals surface area contributed by atoms with Crippen LogP contribution in [0.5, 0.6) is 0 Å². The normalized spacial score (nSPS) is 11.7. The number of carbonyl (C=O) groups excluding carboxylic acids is 3. The molecule has 3 aromatic rings. The lowest BCUT2D eigenvalue weighted by molar-refractivity contribution is 0.0591. The summed E-state index contributed by atoms with van der Waals surface area (Å²) in [6.45, 7) is 7.24. The zero-order chi connectivity index (χ0) is 23.4. The van der Waals surface area contributed by atoms with Gasteiger partial charge >= 0.3 is 5.97 Å². The molecule has 0 radical (unpaired) electrons. The average Bonchev–Trinajstić information content (AvgIpc) is 3.10. The number of ether oxygens (including phenoxy) is 1. The van der Waals surface area contributed by atoms with E-state index < -0.39 is 12.0 Å². The van der Waals surface area contributed by atoms with Gasteiger partial charge in [0.2, 0.25) is 0 Å². The third-order valence-electron chi connectivity index (χ3n) is 5.54. The van der Waals surface area contributed by atoms with E-state index in [1.54, 1.807) is 45.2 Å². The van der Waals surface area contributed by atoms with Gasteiger partial charge in [0, 0.05) is 23.0 Å². The first-order valence-corrected chi connectivity index (χ1v) is 10.3. The highest BCUT2D eigenvalue weighted by atomic mass is 16.5. The van der Waals surface area contributed by atoms with Crippen molar-refractivity contribution in [2.24, 2.45) is 0 Å². The van der Waals surface area contributed by atoms with Gasteiger partial charge in [-0.1, -0.05) is 23.8 Å². The van der Waals surface area contributed by atoms with E-state index in [2.05, 4.69) is 9.97 Å². The molecule has 0 spiro atoms. The lowest BCUT2D eigenvalue weighted by Crippen LogP contribution is -2.43. The summed E-state index contributed by atoms with van der Waals surface area (Å²) in [7, 11) is 1.29. The summed E-state index contributed by atoms with van der Waals surface area (Å²) in [4.78, 5) is 47.8. The third kappa shape index (κ3) is 4.61. The quantitative estimate of drug-likeness (QED) is 0.449. The van der Waals surface area contributed by atoms with Crippen LogP contribution < -0.4 is 0 Å². The van der Waals surface area contributed by atoms with Gasteiger partial charge in [0.1, 0.15) is 5.69 Å². The molecule has 0 aliphatic heterocycles. The Hall–Kier alpha value is -3.74. The van der Waals surface area contributed by atoms with E-state index in [1.165, 1.54) is 12.0 Å². The van der Waals surface area contributed by atoms with Crippen molar-refractivity contribution in [2.45, 2.75) is 40.3 Å². The van der Waals surface area contributed by atoms with Crippen LogP contribution in [0.3, 0.4) is 0 Å². The molecule has 2 aromatic heterocycles. The van der Waals surface area contributed by atoms with Crippen molar-refractivity contribution in [2.75, 3.05) is 7.11 Å². The molecule has 7 heteroatoms. The molecule has 1 unspecified atom stereocenters. The molecule has 1 atom stereocenters. The summed E-state index contributed by atoms with van der Waals surface area (Å²) in [5.41, 5.74) is 3.89. The van der Waals surface area contributed by atoms with Crippen molar-refractivity contribution >= 4 is 17.7 Å². The molecule has 3 rings (SSSR count). The van der Waals surface area contributed by atoms with Crippen LogP contribution >= 0.6 is 0 Å². The number of hydrogen-bond acceptors (Lipinski definition) is 5. The number of H-pyrrole nitrogens is 1. The highest BCUT2D eigenvalue weighted by Gasteiger charge is 2.32. The maximum absolute atomic E-state index is 13.5. The van der Waals surface area contributed by atoms with E-state index in [0.717, 1.165) is 5.56 Å². The summed E-state index contributed by atoms with van der Waals surface area (Å²) in [5.74, 6) is -1.07. The van der Waals surface area contributed by atoms with E-state index in [-0.39, 0.29) is 23.9 Å². The number of methoxy groups -OCH3 is 1. The van der Waals surface area contributed by atoms with Crippen molar-refractivity contribution in [3.63, 3.8) is 0 Å². The fourth-order valence-electron chi connectivity index (χ4n) is 3.69. The van der Waals surface area contributed by atoms with Crippen LogP contribution in [0.1, 0.15) is 60.6 Å². The van der Waals surface area contributed by atoms with Crippen molar-refractivity contribution in [1.82, 2.24) is 14.9 Å². The molecule has 0 fully saturated rings. The minimum atomic E-state index is -0.787. The highest BCUT2D eigenvalue weighted by Crippen LogP contribution is 2.23. The molecule has 0 saturated carbocycles. The van der Waals surface area contributed by atoms with E-state index in [4.69, 9.17) is 4.74 Å². The van der Waals surface area contributed by atoms with E-state index >= 15 is 0 Å². The van der Waals surface area contributed by atoms with Crippen LogP contribution in [0.4, 0.5) is 0 Å². The number of benzene rings is 1. The Morgan fingerprint density at radius 3 is 2.34 bits per heavy atom. The molecule has 32 heavy (non-hydrogen) atoms. The number of aromatic nitrogens is 2. The number of aromatic amines is 1. The van der Waals surface area contributed by atoms with Gasteiger partial charge in [-0.05, 0) is 57.5 Å². The Labute approximate surface area is 187 Å². The second kappa shape index (κ2) is 9.60. The molecule has 1 N–H and O–H groups in total. The lowest BCUT2D eigenvalue weighted by Gasteiger charge is -2.28. The Morgan fingerprint density at radius 2 is 1.75 bits per heavy atom. The SMILES string of the molecule is COC(=O)c1[nH]c(C)c(C(=O)C(C)N(Cc2ccccn2)C(=O)c2ccc(C)cc2)c1C. The van der Waals surface area contributed by atoms with Crippen LogP contribution in [0.2, 0.25) is 0 Å². The van der Waals surface area contributed by atoms with Gasteiger partial charge in [-0.3, -0.25) is 14.6 Å². The minimum absolute atomic E-state index is 0.173. The van der Waals surface area contributed by atoms with Gasteiger partial charge in [-0.25, -0.2) is 4.79 Å². The molecule has 0 aliphatic rings. The number of Topliss-reactive ketones (excluding diaryl/α,β-unsaturated/α-hetero) is 1. The zero-order valence-corrected chi connectivity index (χ0v) is 18.9. The van der Waals surface area contributed by atoms with Crippen LogP contribution in [-0.2, 0) is 11.3 Å². The van der Waals surface area contributed by atoms with Crippen molar-refractivity contribution in [3.05, 3.63) is 88.0 Å². The Balaban J connectivity index is 1.99. The first-order chi connectivity index (χ1) is 15.2. The Morgan fingerprint density at radius 1 is 1.06 bits per heavy atom. The average molecular weight is 434 g/mol. The molecule has 2 heterocycles. The summed E-state index contributed by atoms with van der Waals surface area (Å²) >= 11 is 0. The number of aryl methyl sites for hydroxylation is 2. The number of carbonyl (C=O) groups is 3. The van der Waals surface area contributed by atoms with Crippen LogP contribution in [0, 0.1) is 20.8 Å². The Bertz CT molecular complexity index is 1130. The lowest BCUT2D eigenvalue weighted by atomic mass is 9.99. The number of pyridine rings is 1. The molecular weight excluding hydrogens is 406 g/mol. The molecule has 1 aromatic carbocycles. The van der Waals surface area contributed by atoms with E-state index in [1.807, 2.05) is 31.2 Å². The highest BCUT2D eigenvalue weighted by molar-refractivity contribution is 6.07. The van der Waals surface area contributed by atoms with Crippen LogP contribution in [-0.4, -0.2) is 45.7 Å². The molecule has 0 bridgehead atoms. The molecule has 7 nitrogen and oxygen atoms in total. The van der Waals surface area contributed by atoms with Gasteiger partial charge in [-0.2, -0.15) is 0 Å². The number of amides is 1. The first kappa shape index (κ1) is 22.9. The van der Waals surface area contributed by atoms with Gasteiger partial charge in [0.05, 0.1) is 25.4 Å².